The highest BCUT2D eigenvalue weighted by Gasteiger charge is 2.34. The molecule has 104 valence electrons. The summed E-state index contributed by atoms with van der Waals surface area (Å²) in [5, 5.41) is 12.1. The van der Waals surface area contributed by atoms with Gasteiger partial charge < -0.3 is 19.7 Å². The van der Waals surface area contributed by atoms with Gasteiger partial charge in [0.25, 0.3) is 0 Å². The van der Waals surface area contributed by atoms with Crippen LogP contribution in [-0.4, -0.2) is 35.2 Å². The van der Waals surface area contributed by atoms with Gasteiger partial charge in [0.1, 0.15) is 5.76 Å². The van der Waals surface area contributed by atoms with E-state index >= 15 is 0 Å². The standard InChI is InChI=1S/C14H20N2O3/c17-8-7-16(10-4-5-10)14(18)15-12-2-1-3-13-11(12)6-9-19-13/h6,9-10,12,17H,1-5,7-8H2,(H,15,18). The smallest absolute Gasteiger partial charge is 0.318 e. The highest BCUT2D eigenvalue weighted by atomic mass is 16.3. The third kappa shape index (κ3) is 2.61. The number of amides is 2. The van der Waals surface area contributed by atoms with Crippen molar-refractivity contribution in [3.63, 3.8) is 0 Å². The molecule has 2 aliphatic carbocycles. The molecular formula is C14H20N2O3. The Morgan fingerprint density at radius 2 is 2.32 bits per heavy atom. The zero-order valence-corrected chi connectivity index (χ0v) is 11.0. The molecule has 1 fully saturated rings. The minimum absolute atomic E-state index is 0.0194. The van der Waals surface area contributed by atoms with Gasteiger partial charge in [-0.2, -0.15) is 0 Å². The van der Waals surface area contributed by atoms with E-state index in [1.165, 1.54) is 0 Å². The number of rotatable bonds is 4. The molecule has 0 aliphatic heterocycles. The number of urea groups is 1. The van der Waals surface area contributed by atoms with Crippen LogP contribution in [0.25, 0.3) is 0 Å². The van der Waals surface area contributed by atoms with Crippen LogP contribution in [-0.2, 0) is 6.42 Å². The summed E-state index contributed by atoms with van der Waals surface area (Å²) in [7, 11) is 0. The van der Waals surface area contributed by atoms with Gasteiger partial charge in [0, 0.05) is 24.6 Å². The Labute approximate surface area is 112 Å². The van der Waals surface area contributed by atoms with Crippen LogP contribution in [0.15, 0.2) is 16.7 Å². The first kappa shape index (κ1) is 12.5. The van der Waals surface area contributed by atoms with Crippen LogP contribution < -0.4 is 5.32 Å². The molecule has 1 atom stereocenters. The second-order valence-corrected chi connectivity index (χ2v) is 5.34. The summed E-state index contributed by atoms with van der Waals surface area (Å²) in [6, 6.07) is 2.26. The Morgan fingerprint density at radius 3 is 3.05 bits per heavy atom. The third-order valence-corrected chi connectivity index (χ3v) is 3.94. The maximum atomic E-state index is 12.3. The minimum Gasteiger partial charge on any atom is -0.469 e. The Bertz CT molecular complexity index is 453. The van der Waals surface area contributed by atoms with Crippen molar-refractivity contribution in [3.8, 4) is 0 Å². The molecular weight excluding hydrogens is 244 g/mol. The minimum atomic E-state index is -0.0596. The summed E-state index contributed by atoms with van der Waals surface area (Å²) < 4.78 is 5.43. The van der Waals surface area contributed by atoms with Gasteiger partial charge in [-0.05, 0) is 31.7 Å². The fourth-order valence-corrected chi connectivity index (χ4v) is 2.81. The van der Waals surface area contributed by atoms with Crippen molar-refractivity contribution in [2.75, 3.05) is 13.2 Å². The van der Waals surface area contributed by atoms with Crippen molar-refractivity contribution in [2.45, 2.75) is 44.2 Å². The van der Waals surface area contributed by atoms with Gasteiger partial charge in [0.05, 0.1) is 18.9 Å². The summed E-state index contributed by atoms with van der Waals surface area (Å²) in [6.07, 6.45) is 6.74. The molecule has 1 aromatic heterocycles. The molecule has 5 heteroatoms. The molecule has 2 amide bonds. The molecule has 2 N–H and O–H groups in total. The summed E-state index contributed by atoms with van der Waals surface area (Å²) >= 11 is 0. The number of fused-ring (bicyclic) bond motifs is 1. The SMILES string of the molecule is O=C(NC1CCCc2occc21)N(CCO)C1CC1. The first-order valence-electron chi connectivity index (χ1n) is 7.04. The quantitative estimate of drug-likeness (QED) is 0.871. The van der Waals surface area contributed by atoms with E-state index < -0.39 is 0 Å². The molecule has 0 bridgehead atoms. The second-order valence-electron chi connectivity index (χ2n) is 5.34. The number of carbonyl (C=O) groups excluding carboxylic acids is 1. The number of hydrogen-bond donors (Lipinski definition) is 2. The largest absolute Gasteiger partial charge is 0.469 e. The number of nitrogens with one attached hydrogen (secondary N) is 1. The maximum Gasteiger partial charge on any atom is 0.318 e. The van der Waals surface area contributed by atoms with Gasteiger partial charge in [-0.25, -0.2) is 4.79 Å². The van der Waals surface area contributed by atoms with Crippen LogP contribution in [0.1, 0.15) is 43.0 Å². The van der Waals surface area contributed by atoms with E-state index in [0.717, 1.165) is 43.4 Å². The summed E-state index contributed by atoms with van der Waals surface area (Å²) in [5.74, 6) is 0.997. The molecule has 0 spiro atoms. The number of nitrogens with zero attached hydrogens (tertiary/aromatic N) is 1. The first-order valence-corrected chi connectivity index (χ1v) is 7.04. The zero-order valence-electron chi connectivity index (χ0n) is 11.0. The number of aliphatic hydroxyl groups is 1. The molecule has 0 aromatic carbocycles. The Balaban J connectivity index is 1.66. The van der Waals surface area contributed by atoms with E-state index in [-0.39, 0.29) is 18.7 Å². The monoisotopic (exact) mass is 264 g/mol. The van der Waals surface area contributed by atoms with Crippen LogP contribution in [0.3, 0.4) is 0 Å². The lowest BCUT2D eigenvalue weighted by molar-refractivity contribution is 0.169. The Morgan fingerprint density at radius 1 is 1.47 bits per heavy atom. The summed E-state index contributed by atoms with van der Waals surface area (Å²) in [5.41, 5.74) is 1.11. The molecule has 3 rings (SSSR count). The number of hydrogen-bond acceptors (Lipinski definition) is 3. The predicted octanol–water partition coefficient (Wildman–Crippen LogP) is 1.82. The lowest BCUT2D eigenvalue weighted by atomic mass is 9.93. The highest BCUT2D eigenvalue weighted by molar-refractivity contribution is 5.75. The average molecular weight is 264 g/mol. The Hall–Kier alpha value is -1.49. The molecule has 1 heterocycles. The maximum absolute atomic E-state index is 12.3. The number of aryl methyl sites for hydroxylation is 1. The van der Waals surface area contributed by atoms with Crippen LogP contribution in [0, 0.1) is 0 Å². The van der Waals surface area contributed by atoms with Gasteiger partial charge in [-0.15, -0.1) is 0 Å². The van der Waals surface area contributed by atoms with Crippen LogP contribution >= 0.6 is 0 Å². The normalized spacial score (nSPS) is 21.8. The highest BCUT2D eigenvalue weighted by Crippen LogP contribution is 2.31. The van der Waals surface area contributed by atoms with E-state index in [1.54, 1.807) is 11.2 Å². The predicted molar refractivity (Wildman–Crippen MR) is 69.7 cm³/mol. The molecule has 0 saturated heterocycles. The van der Waals surface area contributed by atoms with Crippen LogP contribution in [0.4, 0.5) is 4.79 Å². The van der Waals surface area contributed by atoms with E-state index in [4.69, 9.17) is 9.52 Å². The van der Waals surface area contributed by atoms with Crippen LogP contribution in [0.2, 0.25) is 0 Å². The first-order chi connectivity index (χ1) is 9.29. The van der Waals surface area contributed by atoms with Gasteiger partial charge >= 0.3 is 6.03 Å². The average Bonchev–Trinajstić information content (AvgIpc) is 3.12. The second kappa shape index (κ2) is 5.25. The van der Waals surface area contributed by atoms with E-state index in [2.05, 4.69) is 5.32 Å². The lowest BCUT2D eigenvalue weighted by Gasteiger charge is -2.28. The summed E-state index contributed by atoms with van der Waals surface area (Å²) in [6.45, 7) is 0.438. The topological polar surface area (TPSA) is 65.7 Å². The fraction of sp³-hybridized carbons (Fsp3) is 0.643. The summed E-state index contributed by atoms with van der Waals surface area (Å²) in [4.78, 5) is 14.0. The van der Waals surface area contributed by atoms with Crippen molar-refractivity contribution in [1.29, 1.82) is 0 Å². The number of carbonyl (C=O) groups is 1. The third-order valence-electron chi connectivity index (χ3n) is 3.94. The fourth-order valence-electron chi connectivity index (χ4n) is 2.81. The van der Waals surface area contributed by atoms with Gasteiger partial charge in [0.15, 0.2) is 0 Å². The molecule has 5 nitrogen and oxygen atoms in total. The van der Waals surface area contributed by atoms with Crippen molar-refractivity contribution in [2.24, 2.45) is 0 Å². The lowest BCUT2D eigenvalue weighted by Crippen LogP contribution is -2.44. The van der Waals surface area contributed by atoms with E-state index in [0.29, 0.717) is 12.6 Å². The van der Waals surface area contributed by atoms with Crippen molar-refractivity contribution in [1.82, 2.24) is 10.2 Å². The van der Waals surface area contributed by atoms with Crippen molar-refractivity contribution < 1.29 is 14.3 Å². The van der Waals surface area contributed by atoms with Crippen molar-refractivity contribution >= 4 is 6.03 Å². The van der Waals surface area contributed by atoms with E-state index in [1.807, 2.05) is 6.07 Å². The van der Waals surface area contributed by atoms with E-state index in [9.17, 15) is 4.79 Å². The molecule has 1 aromatic rings. The van der Waals surface area contributed by atoms with Gasteiger partial charge in [-0.1, -0.05) is 0 Å². The van der Waals surface area contributed by atoms with Crippen molar-refractivity contribution in [3.05, 3.63) is 23.7 Å². The Kier molecular flexibility index (Phi) is 3.46. The molecule has 2 aliphatic rings. The number of aliphatic hydroxyl groups excluding tert-OH is 1. The number of furan rings is 1. The van der Waals surface area contributed by atoms with Gasteiger partial charge in [-0.3, -0.25) is 0 Å². The molecule has 0 radical (unpaired) electrons. The molecule has 1 unspecified atom stereocenters. The molecule has 19 heavy (non-hydrogen) atoms. The van der Waals surface area contributed by atoms with Gasteiger partial charge in [0.2, 0.25) is 0 Å². The zero-order chi connectivity index (χ0) is 13.2. The van der Waals surface area contributed by atoms with Crippen LogP contribution in [0.5, 0.6) is 0 Å². The molecule has 1 saturated carbocycles.